The van der Waals surface area contributed by atoms with Gasteiger partial charge in [-0.2, -0.15) is 0 Å². The Kier molecular flexibility index (Phi) is 9.28. The second kappa shape index (κ2) is 14.1. The number of rotatable bonds is 9. The first-order valence-electron chi connectivity index (χ1n) is 16.0. The van der Waals surface area contributed by atoms with Gasteiger partial charge in [-0.3, -0.25) is 19.7 Å². The van der Waals surface area contributed by atoms with Crippen LogP contribution in [0.3, 0.4) is 0 Å². The molecule has 3 amide bonds. The van der Waals surface area contributed by atoms with E-state index in [0.717, 1.165) is 59.1 Å². The van der Waals surface area contributed by atoms with E-state index in [1.165, 1.54) is 29.0 Å². The van der Waals surface area contributed by atoms with E-state index in [0.29, 0.717) is 25.3 Å². The lowest BCUT2D eigenvalue weighted by Crippen LogP contribution is -2.61. The minimum absolute atomic E-state index is 0.0186. The Morgan fingerprint density at radius 3 is 2.50 bits per heavy atom. The van der Waals surface area contributed by atoms with Crippen molar-refractivity contribution in [1.29, 1.82) is 0 Å². The Labute approximate surface area is 282 Å². The Morgan fingerprint density at radius 2 is 1.75 bits per heavy atom. The molecule has 2 fully saturated rings. The number of piperazine rings is 1. The molecule has 10 nitrogen and oxygen atoms in total. The van der Waals surface area contributed by atoms with Crippen LogP contribution in [-0.4, -0.2) is 89.0 Å². The Bertz CT molecular complexity index is 1910. The number of nitrogens with zero attached hydrogens (tertiary/aromatic N) is 5. The number of nitrogens with one attached hydrogen (secondary N) is 2. The number of urea groups is 1. The molecule has 2 aliphatic heterocycles. The zero-order valence-electron chi connectivity index (χ0n) is 26.6. The van der Waals surface area contributed by atoms with Gasteiger partial charge in [0.15, 0.2) is 11.6 Å². The fourth-order valence-corrected chi connectivity index (χ4v) is 6.88. The molecule has 5 heterocycles. The predicted octanol–water partition coefficient (Wildman–Crippen LogP) is 5.61. The fourth-order valence-electron chi connectivity index (χ4n) is 5.84. The minimum Gasteiger partial charge on any atom is -0.453 e. The van der Waals surface area contributed by atoms with Crippen LogP contribution in [0.15, 0.2) is 85.2 Å². The first-order chi connectivity index (χ1) is 23.4. The molecule has 0 atom stereocenters. The van der Waals surface area contributed by atoms with Crippen molar-refractivity contribution in [2.24, 2.45) is 0 Å². The lowest BCUT2D eigenvalue weighted by molar-refractivity contribution is -0.135. The van der Waals surface area contributed by atoms with Gasteiger partial charge in [0.1, 0.15) is 5.75 Å². The predicted molar refractivity (Wildman–Crippen MR) is 185 cm³/mol. The van der Waals surface area contributed by atoms with Gasteiger partial charge in [-0.05, 0) is 42.4 Å². The lowest BCUT2D eigenvalue weighted by Gasteiger charge is -2.39. The first-order valence-corrected chi connectivity index (χ1v) is 16.8. The van der Waals surface area contributed by atoms with Crippen LogP contribution in [0.5, 0.6) is 11.5 Å². The van der Waals surface area contributed by atoms with Crippen molar-refractivity contribution in [3.05, 3.63) is 102 Å². The number of benzene rings is 2. The van der Waals surface area contributed by atoms with Gasteiger partial charge in [0.05, 0.1) is 33.3 Å². The van der Waals surface area contributed by atoms with Crippen molar-refractivity contribution in [3.63, 3.8) is 0 Å². The number of amides is 3. The largest absolute Gasteiger partial charge is 0.453 e. The van der Waals surface area contributed by atoms with Gasteiger partial charge in [-0.25, -0.2) is 9.18 Å². The third-order valence-corrected chi connectivity index (χ3v) is 9.79. The molecule has 5 aromatic rings. The number of pyridine rings is 2. The maximum absolute atomic E-state index is 15.2. The molecule has 2 saturated heterocycles. The number of ether oxygens (including phenoxy) is 1. The van der Waals surface area contributed by atoms with Gasteiger partial charge in [-0.1, -0.05) is 36.4 Å². The summed E-state index contributed by atoms with van der Waals surface area (Å²) in [5.41, 5.74) is 4.00. The van der Waals surface area contributed by atoms with Crippen molar-refractivity contribution in [1.82, 2.24) is 30.0 Å². The second-order valence-corrected chi connectivity index (χ2v) is 13.3. The Balaban J connectivity index is 0.935. The topological polar surface area (TPSA) is 103 Å². The van der Waals surface area contributed by atoms with E-state index < -0.39 is 11.8 Å². The molecule has 0 radical (unpaired) electrons. The van der Waals surface area contributed by atoms with E-state index in [2.05, 4.69) is 38.5 Å². The molecule has 2 aromatic carbocycles. The van der Waals surface area contributed by atoms with Crippen molar-refractivity contribution in [2.75, 3.05) is 51.6 Å². The molecule has 7 rings (SSSR count). The number of halogens is 1. The molecule has 0 unspecified atom stereocenters. The smallest absolute Gasteiger partial charge is 0.319 e. The van der Waals surface area contributed by atoms with E-state index in [1.54, 1.807) is 23.2 Å². The minimum atomic E-state index is -0.617. The summed E-state index contributed by atoms with van der Waals surface area (Å²) in [6.07, 6.45) is 3.90. The molecular weight excluding hydrogens is 630 g/mol. The van der Waals surface area contributed by atoms with Crippen molar-refractivity contribution in [3.8, 4) is 22.1 Å². The van der Waals surface area contributed by atoms with Crippen molar-refractivity contribution < 1.29 is 18.7 Å². The zero-order valence-corrected chi connectivity index (χ0v) is 27.4. The van der Waals surface area contributed by atoms with E-state index in [-0.39, 0.29) is 23.4 Å². The van der Waals surface area contributed by atoms with Gasteiger partial charge in [0.25, 0.3) is 0 Å². The molecule has 12 heteroatoms. The Morgan fingerprint density at radius 1 is 0.938 bits per heavy atom. The van der Waals surface area contributed by atoms with Gasteiger partial charge in [0.2, 0.25) is 5.91 Å². The summed E-state index contributed by atoms with van der Waals surface area (Å²) < 4.78 is 22.0. The maximum atomic E-state index is 15.2. The first kappa shape index (κ1) is 31.7. The summed E-state index contributed by atoms with van der Waals surface area (Å²) >= 11 is 1.49. The molecule has 0 spiro atoms. The van der Waals surface area contributed by atoms with Gasteiger partial charge < -0.3 is 25.2 Å². The van der Waals surface area contributed by atoms with Crippen LogP contribution < -0.4 is 15.4 Å². The summed E-state index contributed by atoms with van der Waals surface area (Å²) in [7, 11) is 2.15. The maximum Gasteiger partial charge on any atom is 0.319 e. The average molecular weight is 666 g/mol. The summed E-state index contributed by atoms with van der Waals surface area (Å²) in [4.78, 5) is 41.7. The number of thiophene rings is 1. The van der Waals surface area contributed by atoms with Crippen LogP contribution in [0.2, 0.25) is 0 Å². The lowest BCUT2D eigenvalue weighted by atomic mass is 10.1. The number of aromatic nitrogens is 2. The van der Waals surface area contributed by atoms with Crippen LogP contribution in [0.25, 0.3) is 20.8 Å². The molecule has 246 valence electrons. The molecule has 48 heavy (non-hydrogen) atoms. The van der Waals surface area contributed by atoms with E-state index in [1.807, 2.05) is 48.7 Å². The average Bonchev–Trinajstić information content (AvgIpc) is 3.51. The Hall–Kier alpha value is -4.91. The summed E-state index contributed by atoms with van der Waals surface area (Å²) in [5.74, 6) is -0.0865. The number of anilines is 1. The van der Waals surface area contributed by atoms with Crippen LogP contribution in [-0.2, 0) is 17.8 Å². The number of likely N-dealkylation sites (N-methyl/N-ethyl adjacent to an activating group) is 1. The fraction of sp³-hybridized carbons (Fsp3) is 0.278. The highest BCUT2D eigenvalue weighted by Crippen LogP contribution is 2.39. The standard InChI is InChI=1S/C36H36FN7O3S/c1-42-13-15-43(16-14-42)21-25-7-9-29(39-20-25)33-19-30-35(48-33)32(11-12-38-30)47-31-10-8-26(18-28(31)37)40-36(46)41-27-22-44(23-27)34(45)17-24-5-3-2-4-6-24/h2-12,18-20,27H,13-17,21-23H2,1H3,(H2,40,41,46). The van der Waals surface area contributed by atoms with E-state index in [9.17, 15) is 9.59 Å². The third-order valence-electron chi connectivity index (χ3n) is 8.63. The normalized spacial score (nSPS) is 15.7. The van der Waals surface area contributed by atoms with Crippen LogP contribution in [0, 0.1) is 5.82 Å². The number of carbonyl (C=O) groups excluding carboxylic acids is 2. The number of fused-ring (bicyclic) bond motifs is 1. The SMILES string of the molecule is CN1CCN(Cc2ccc(-c3cc4nccc(Oc5ccc(NC(=O)NC6CN(C(=O)Cc7ccccc7)C6)cc5F)c4s3)nc2)CC1. The summed E-state index contributed by atoms with van der Waals surface area (Å²) in [6.45, 7) is 6.01. The van der Waals surface area contributed by atoms with Gasteiger partial charge >= 0.3 is 6.03 Å². The van der Waals surface area contributed by atoms with Crippen molar-refractivity contribution >= 4 is 39.2 Å². The number of hydrogen-bond acceptors (Lipinski definition) is 8. The van der Waals surface area contributed by atoms with E-state index >= 15 is 4.39 Å². The summed E-state index contributed by atoms with van der Waals surface area (Å²) in [5, 5.41) is 5.50. The van der Waals surface area contributed by atoms with Crippen LogP contribution >= 0.6 is 11.3 Å². The molecule has 2 aliphatic rings. The van der Waals surface area contributed by atoms with Crippen molar-refractivity contribution in [2.45, 2.75) is 19.0 Å². The molecular formula is C36H36FN7O3S. The summed E-state index contributed by atoms with van der Waals surface area (Å²) in [6, 6.07) is 21.0. The molecule has 2 N–H and O–H groups in total. The number of carbonyl (C=O) groups is 2. The zero-order chi connectivity index (χ0) is 33.0. The monoisotopic (exact) mass is 665 g/mol. The highest BCUT2D eigenvalue weighted by Gasteiger charge is 2.31. The molecule has 0 aliphatic carbocycles. The molecule has 0 saturated carbocycles. The number of likely N-dealkylation sites (tertiary alicyclic amines) is 1. The van der Waals surface area contributed by atoms with Crippen LogP contribution in [0.4, 0.5) is 14.9 Å². The van der Waals surface area contributed by atoms with Crippen LogP contribution in [0.1, 0.15) is 11.1 Å². The van der Waals surface area contributed by atoms with Gasteiger partial charge in [-0.15, -0.1) is 11.3 Å². The van der Waals surface area contributed by atoms with E-state index in [4.69, 9.17) is 9.72 Å². The number of hydrogen-bond donors (Lipinski definition) is 2. The molecule has 3 aromatic heterocycles. The molecule has 0 bridgehead atoms. The second-order valence-electron chi connectivity index (χ2n) is 12.3. The highest BCUT2D eigenvalue weighted by atomic mass is 32.1. The third kappa shape index (κ3) is 7.46. The van der Waals surface area contributed by atoms with Gasteiger partial charge in [0, 0.05) is 76.0 Å². The quantitative estimate of drug-likeness (QED) is 0.211. The highest BCUT2D eigenvalue weighted by molar-refractivity contribution is 7.22.